The van der Waals surface area contributed by atoms with Crippen LogP contribution in [0.3, 0.4) is 0 Å². The Labute approximate surface area is 377 Å². The van der Waals surface area contributed by atoms with Gasteiger partial charge >= 0.3 is 71.1 Å². The van der Waals surface area contributed by atoms with E-state index >= 15 is 0 Å². The van der Waals surface area contributed by atoms with Crippen LogP contribution < -0.4 is 69.3 Å². The summed E-state index contributed by atoms with van der Waals surface area (Å²) >= 11 is 0. The molecule has 0 saturated carbocycles. The Hall–Kier alpha value is -0.120. The molecule has 0 aromatic heterocycles. The van der Waals surface area contributed by atoms with Gasteiger partial charge in [0.2, 0.25) is 0 Å². The summed E-state index contributed by atoms with van der Waals surface area (Å²) < 4.78 is 9.96. The number of hydrogen-bond donors (Lipinski definition) is 0. The summed E-state index contributed by atoms with van der Waals surface area (Å²) in [7, 11) is 0. The average molecular weight is 785 g/mol. The monoisotopic (exact) mass is 785 g/mol. The van der Waals surface area contributed by atoms with E-state index in [2.05, 4.69) is 13.8 Å². The van der Waals surface area contributed by atoms with Gasteiger partial charge in [-0.2, -0.15) is 0 Å². The summed E-state index contributed by atoms with van der Waals surface area (Å²) in [5, 5.41) is 20.4. The van der Waals surface area contributed by atoms with Crippen LogP contribution in [0.2, 0.25) is 0 Å². The summed E-state index contributed by atoms with van der Waals surface area (Å²) in [5.74, 6) is -3.28. The van der Waals surface area contributed by atoms with Gasteiger partial charge in [0, 0.05) is 11.9 Å². The molecule has 0 radical (unpaired) electrons. The summed E-state index contributed by atoms with van der Waals surface area (Å²) in [5.41, 5.74) is 0. The minimum Gasteiger partial charge on any atom is -0.550 e. The third kappa shape index (κ3) is 58.6. The van der Waals surface area contributed by atoms with Crippen molar-refractivity contribution >= 4 is 23.9 Å². The zero-order chi connectivity index (χ0) is 38.6. The molecule has 8 nitrogen and oxygen atoms in total. The number of unbranched alkanes of at least 4 members (excludes halogenated alkanes) is 30. The van der Waals surface area contributed by atoms with E-state index in [1.165, 1.54) is 180 Å². The topological polar surface area (TPSA) is 133 Å². The molecule has 0 aromatic carbocycles. The minimum atomic E-state index is -1.20. The van der Waals surface area contributed by atoms with Crippen LogP contribution in [0.4, 0.5) is 0 Å². The van der Waals surface area contributed by atoms with Crippen molar-refractivity contribution < 1.29 is 98.0 Å². The summed E-state index contributed by atoms with van der Waals surface area (Å²) in [6, 6.07) is 0. The average Bonchev–Trinajstić information content (AvgIpc) is 3.12. The molecule has 54 heavy (non-hydrogen) atoms. The maximum atomic E-state index is 11.2. The first-order chi connectivity index (χ1) is 25.3. The normalized spacial score (nSPS) is 10.4. The molecule has 0 aliphatic heterocycles. The van der Waals surface area contributed by atoms with Gasteiger partial charge in [0.1, 0.15) is 0 Å². The van der Waals surface area contributed by atoms with Crippen LogP contribution in [0.1, 0.15) is 245 Å². The number of aliphatic carboxylic acids is 2. The van der Waals surface area contributed by atoms with E-state index in [0.717, 1.165) is 25.7 Å². The standard InChI is InChI=1S/2C22H42O4.2Na/c2*1-2-3-4-5-6-7-8-9-10-11-12-13-14-15-16-17-20-26-22(25)19-18-21(23)24;;/h2*2-20H2,1H3,(H,23,24);;/q;;2*+1/p-2. The largest absolute Gasteiger partial charge is 1.00 e. The summed E-state index contributed by atoms with van der Waals surface area (Å²) in [6.07, 6.45) is 41.4. The second-order valence-corrected chi connectivity index (χ2v) is 14.8. The van der Waals surface area contributed by atoms with E-state index in [0.29, 0.717) is 13.2 Å². The Kier molecular flexibility index (Phi) is 59.3. The van der Waals surface area contributed by atoms with Crippen molar-refractivity contribution in [2.45, 2.75) is 245 Å². The van der Waals surface area contributed by atoms with Gasteiger partial charge in [-0.3, -0.25) is 9.59 Å². The molecule has 0 heterocycles. The Bertz CT molecular complexity index is 733. The molecule has 0 aliphatic rings. The maximum absolute atomic E-state index is 11.2. The Balaban J connectivity index is -0.000000446. The molecule has 0 unspecified atom stereocenters. The molecule has 0 rings (SSSR count). The number of carbonyl (C=O) groups excluding carboxylic acids is 4. The van der Waals surface area contributed by atoms with Crippen LogP contribution >= 0.6 is 0 Å². The quantitative estimate of drug-likeness (QED) is 0.0499. The van der Waals surface area contributed by atoms with Crippen molar-refractivity contribution in [3.05, 3.63) is 0 Å². The van der Waals surface area contributed by atoms with E-state index in [4.69, 9.17) is 9.47 Å². The maximum Gasteiger partial charge on any atom is 1.00 e. The molecule has 0 bridgehead atoms. The van der Waals surface area contributed by atoms with Crippen molar-refractivity contribution in [2.75, 3.05) is 13.2 Å². The van der Waals surface area contributed by atoms with E-state index in [1.54, 1.807) is 0 Å². The van der Waals surface area contributed by atoms with Gasteiger partial charge in [-0.15, -0.1) is 0 Å². The van der Waals surface area contributed by atoms with Gasteiger partial charge in [-0.05, 0) is 25.7 Å². The first kappa shape index (κ1) is 60.6. The van der Waals surface area contributed by atoms with Crippen molar-refractivity contribution in [2.24, 2.45) is 0 Å². The second-order valence-electron chi connectivity index (χ2n) is 14.8. The number of carboxylic acid groups (broad SMARTS) is 2. The molecule has 0 saturated heterocycles. The number of ether oxygens (including phenoxy) is 2. The van der Waals surface area contributed by atoms with Crippen molar-refractivity contribution in [3.8, 4) is 0 Å². The molecular formula is C44H82Na2O8. The van der Waals surface area contributed by atoms with Gasteiger partial charge in [0.15, 0.2) is 0 Å². The van der Waals surface area contributed by atoms with Gasteiger partial charge < -0.3 is 29.3 Å². The number of carboxylic acids is 2. The number of rotatable bonds is 40. The summed E-state index contributed by atoms with van der Waals surface area (Å²) in [4.78, 5) is 42.8. The molecule has 0 amide bonds. The predicted molar refractivity (Wildman–Crippen MR) is 209 cm³/mol. The van der Waals surface area contributed by atoms with E-state index in [9.17, 15) is 29.4 Å². The fraction of sp³-hybridized carbons (Fsp3) is 0.909. The molecular weight excluding hydrogens is 702 g/mol. The van der Waals surface area contributed by atoms with E-state index < -0.39 is 23.9 Å². The third-order valence-electron chi connectivity index (χ3n) is 9.59. The van der Waals surface area contributed by atoms with Crippen LogP contribution in [0.25, 0.3) is 0 Å². The molecule has 10 heteroatoms. The van der Waals surface area contributed by atoms with Crippen LogP contribution in [-0.2, 0) is 28.7 Å². The molecule has 0 N–H and O–H groups in total. The molecule has 0 fully saturated rings. The van der Waals surface area contributed by atoms with Gasteiger partial charge in [0.25, 0.3) is 0 Å². The van der Waals surface area contributed by atoms with Gasteiger partial charge in [-0.25, -0.2) is 0 Å². The molecule has 0 atom stereocenters. The van der Waals surface area contributed by atoms with E-state index in [-0.39, 0.29) is 84.8 Å². The third-order valence-corrected chi connectivity index (χ3v) is 9.59. The Morgan fingerprint density at radius 1 is 0.315 bits per heavy atom. The number of carbonyl (C=O) groups is 4. The summed E-state index contributed by atoms with van der Waals surface area (Å²) in [6.45, 7) is 5.35. The molecule has 0 aliphatic carbocycles. The van der Waals surface area contributed by atoms with Crippen molar-refractivity contribution in [1.29, 1.82) is 0 Å². The SMILES string of the molecule is CCCCCCCCCCCCCCCCCCOC(=O)CCC(=O)[O-].CCCCCCCCCCCCCCCCCCOC(=O)CCC(=O)[O-].[Na+].[Na+]. The van der Waals surface area contributed by atoms with Gasteiger partial charge in [0.05, 0.1) is 26.1 Å². The smallest absolute Gasteiger partial charge is 0.550 e. The van der Waals surface area contributed by atoms with Crippen LogP contribution in [0.5, 0.6) is 0 Å². The first-order valence-electron chi connectivity index (χ1n) is 22.0. The zero-order valence-electron chi connectivity index (χ0n) is 36.1. The van der Waals surface area contributed by atoms with E-state index in [1.807, 2.05) is 0 Å². The number of hydrogen-bond acceptors (Lipinski definition) is 8. The van der Waals surface area contributed by atoms with Crippen LogP contribution in [0, 0.1) is 0 Å². The zero-order valence-corrected chi connectivity index (χ0v) is 40.1. The fourth-order valence-electron chi connectivity index (χ4n) is 6.22. The molecule has 308 valence electrons. The van der Waals surface area contributed by atoms with Crippen molar-refractivity contribution in [3.63, 3.8) is 0 Å². The Morgan fingerprint density at radius 2 is 0.500 bits per heavy atom. The first-order valence-corrected chi connectivity index (χ1v) is 22.0. The fourth-order valence-corrected chi connectivity index (χ4v) is 6.22. The molecule has 0 spiro atoms. The minimum absolute atomic E-state index is 0. The van der Waals surface area contributed by atoms with Gasteiger partial charge in [-0.1, -0.05) is 206 Å². The van der Waals surface area contributed by atoms with Crippen LogP contribution in [0.15, 0.2) is 0 Å². The predicted octanol–water partition coefficient (Wildman–Crippen LogP) is 4.65. The molecule has 0 aromatic rings. The second kappa shape index (κ2) is 52.9. The Morgan fingerprint density at radius 3 is 0.685 bits per heavy atom. The van der Waals surface area contributed by atoms with Crippen LogP contribution in [-0.4, -0.2) is 37.1 Å². The number of esters is 2. The van der Waals surface area contributed by atoms with Crippen molar-refractivity contribution in [1.82, 2.24) is 0 Å².